The van der Waals surface area contributed by atoms with Crippen molar-refractivity contribution in [2.24, 2.45) is 7.05 Å². The largest absolute Gasteiger partial charge is 0.382 e. The van der Waals surface area contributed by atoms with Gasteiger partial charge >= 0.3 is 0 Å². The van der Waals surface area contributed by atoms with E-state index >= 15 is 0 Å². The Labute approximate surface area is 99.9 Å². The van der Waals surface area contributed by atoms with Crippen LogP contribution in [0.2, 0.25) is 0 Å². The maximum absolute atomic E-state index is 10.3. The zero-order chi connectivity index (χ0) is 11.8. The third kappa shape index (κ3) is 1.96. The highest BCUT2D eigenvalue weighted by molar-refractivity contribution is 5.33. The minimum atomic E-state index is -0.645. The maximum Gasteiger partial charge on any atom is 0.122 e. The fourth-order valence-corrected chi connectivity index (χ4v) is 2.12. The average Bonchev–Trinajstić information content (AvgIpc) is 3.12. The summed E-state index contributed by atoms with van der Waals surface area (Å²) in [6.07, 6.45) is 3.50. The maximum atomic E-state index is 10.3. The number of aromatic nitrogens is 3. The number of benzene rings is 1. The van der Waals surface area contributed by atoms with Crippen LogP contribution >= 0.6 is 0 Å². The summed E-state index contributed by atoms with van der Waals surface area (Å²) < 4.78 is 1.61. The highest BCUT2D eigenvalue weighted by atomic mass is 16.3. The summed E-state index contributed by atoms with van der Waals surface area (Å²) in [4.78, 5) is 0. The molecule has 2 aromatic rings. The lowest BCUT2D eigenvalue weighted by Crippen LogP contribution is -2.06. The van der Waals surface area contributed by atoms with E-state index in [9.17, 15) is 5.11 Å². The summed E-state index contributed by atoms with van der Waals surface area (Å²) in [7, 11) is 1.79. The van der Waals surface area contributed by atoms with E-state index in [0.29, 0.717) is 5.92 Å². The van der Waals surface area contributed by atoms with Crippen LogP contribution in [0, 0.1) is 0 Å². The van der Waals surface area contributed by atoms with Gasteiger partial charge in [0.25, 0.3) is 0 Å². The molecule has 1 N–H and O–H groups in total. The number of hydrogen-bond donors (Lipinski definition) is 1. The molecule has 1 saturated carbocycles. The van der Waals surface area contributed by atoms with E-state index in [1.807, 2.05) is 12.1 Å². The molecule has 1 fully saturated rings. The first kappa shape index (κ1) is 10.5. The monoisotopic (exact) mass is 229 g/mol. The lowest BCUT2D eigenvalue weighted by atomic mass is 10.0. The molecule has 4 heteroatoms. The standard InChI is InChI=1S/C13H15N3O/c1-16-12(8-14-15-16)13(17)11-4-2-3-10(7-11)9-5-6-9/h2-4,7-9,13,17H,5-6H2,1H3. The van der Waals surface area contributed by atoms with Crippen LogP contribution in [0.4, 0.5) is 0 Å². The van der Waals surface area contributed by atoms with Crippen LogP contribution < -0.4 is 0 Å². The van der Waals surface area contributed by atoms with Crippen LogP contribution in [0.3, 0.4) is 0 Å². The Morgan fingerprint density at radius 2 is 2.24 bits per heavy atom. The molecule has 3 rings (SSSR count). The summed E-state index contributed by atoms with van der Waals surface area (Å²) in [5, 5.41) is 17.9. The zero-order valence-corrected chi connectivity index (χ0v) is 9.74. The number of aliphatic hydroxyl groups excluding tert-OH is 1. The van der Waals surface area contributed by atoms with Gasteiger partial charge in [0.15, 0.2) is 0 Å². The Kier molecular flexibility index (Phi) is 2.44. The van der Waals surface area contributed by atoms with E-state index in [1.54, 1.807) is 17.9 Å². The van der Waals surface area contributed by atoms with Crippen LogP contribution in [0.25, 0.3) is 0 Å². The molecule has 17 heavy (non-hydrogen) atoms. The SMILES string of the molecule is Cn1nncc1C(O)c1cccc(C2CC2)c1. The third-order valence-corrected chi connectivity index (χ3v) is 3.30. The van der Waals surface area contributed by atoms with Gasteiger partial charge < -0.3 is 5.11 Å². The van der Waals surface area contributed by atoms with Crippen molar-refractivity contribution in [2.75, 3.05) is 0 Å². The second-order valence-corrected chi connectivity index (χ2v) is 4.63. The summed E-state index contributed by atoms with van der Waals surface area (Å²) >= 11 is 0. The van der Waals surface area contributed by atoms with E-state index in [4.69, 9.17) is 0 Å². The molecule has 4 nitrogen and oxygen atoms in total. The van der Waals surface area contributed by atoms with Crippen molar-refractivity contribution in [2.45, 2.75) is 24.9 Å². The molecule has 0 bridgehead atoms. The molecule has 1 aromatic carbocycles. The van der Waals surface area contributed by atoms with Crippen molar-refractivity contribution >= 4 is 0 Å². The van der Waals surface area contributed by atoms with Crippen molar-refractivity contribution in [1.82, 2.24) is 15.0 Å². The Balaban J connectivity index is 1.93. The molecule has 88 valence electrons. The third-order valence-electron chi connectivity index (χ3n) is 3.30. The number of hydrogen-bond acceptors (Lipinski definition) is 3. The van der Waals surface area contributed by atoms with Gasteiger partial charge in [-0.05, 0) is 29.9 Å². The fraction of sp³-hybridized carbons (Fsp3) is 0.385. The predicted molar refractivity (Wildman–Crippen MR) is 63.5 cm³/mol. The Bertz CT molecular complexity index is 531. The first-order valence-corrected chi connectivity index (χ1v) is 5.88. The van der Waals surface area contributed by atoms with E-state index in [1.165, 1.54) is 18.4 Å². The summed E-state index contributed by atoms with van der Waals surface area (Å²) in [6.45, 7) is 0. The van der Waals surface area contributed by atoms with Crippen LogP contribution in [-0.4, -0.2) is 20.1 Å². The molecule has 0 saturated heterocycles. The van der Waals surface area contributed by atoms with Gasteiger partial charge in [0, 0.05) is 7.05 Å². The Morgan fingerprint density at radius 3 is 2.88 bits per heavy atom. The second kappa shape index (κ2) is 3.96. The van der Waals surface area contributed by atoms with Crippen LogP contribution in [0.1, 0.15) is 41.7 Å². The molecule has 0 spiro atoms. The molecular formula is C13H15N3O. The molecule has 1 atom stereocenters. The molecule has 0 amide bonds. The van der Waals surface area contributed by atoms with Gasteiger partial charge in [-0.2, -0.15) is 0 Å². The summed E-state index contributed by atoms with van der Waals surface area (Å²) in [5.74, 6) is 0.701. The quantitative estimate of drug-likeness (QED) is 0.872. The molecule has 1 aliphatic carbocycles. The molecular weight excluding hydrogens is 214 g/mol. The summed E-state index contributed by atoms with van der Waals surface area (Å²) in [6, 6.07) is 8.18. The second-order valence-electron chi connectivity index (χ2n) is 4.63. The van der Waals surface area contributed by atoms with Crippen LogP contribution in [0.15, 0.2) is 30.5 Å². The minimum absolute atomic E-state index is 0.645. The topological polar surface area (TPSA) is 50.9 Å². The zero-order valence-electron chi connectivity index (χ0n) is 9.74. The molecule has 1 aromatic heterocycles. The molecule has 1 unspecified atom stereocenters. The highest BCUT2D eigenvalue weighted by Gasteiger charge is 2.24. The van der Waals surface area contributed by atoms with Crippen molar-refractivity contribution in [1.29, 1.82) is 0 Å². The van der Waals surface area contributed by atoms with Gasteiger partial charge in [0.05, 0.1) is 11.9 Å². The Morgan fingerprint density at radius 1 is 1.41 bits per heavy atom. The smallest absolute Gasteiger partial charge is 0.122 e. The summed E-state index contributed by atoms with van der Waals surface area (Å²) in [5.41, 5.74) is 2.97. The van der Waals surface area contributed by atoms with E-state index in [0.717, 1.165) is 11.3 Å². The Hall–Kier alpha value is -1.68. The van der Waals surface area contributed by atoms with Gasteiger partial charge in [-0.1, -0.05) is 29.5 Å². The lowest BCUT2D eigenvalue weighted by molar-refractivity contribution is 0.209. The first-order valence-electron chi connectivity index (χ1n) is 5.88. The average molecular weight is 229 g/mol. The number of aryl methyl sites for hydroxylation is 1. The minimum Gasteiger partial charge on any atom is -0.382 e. The van der Waals surface area contributed by atoms with Crippen molar-refractivity contribution in [3.63, 3.8) is 0 Å². The molecule has 1 aliphatic rings. The van der Waals surface area contributed by atoms with E-state index in [-0.39, 0.29) is 0 Å². The van der Waals surface area contributed by atoms with Gasteiger partial charge in [0.1, 0.15) is 6.10 Å². The lowest BCUT2D eigenvalue weighted by Gasteiger charge is -2.11. The number of aliphatic hydroxyl groups is 1. The van der Waals surface area contributed by atoms with Gasteiger partial charge in [0.2, 0.25) is 0 Å². The predicted octanol–water partition coefficient (Wildman–Crippen LogP) is 1.77. The number of rotatable bonds is 3. The van der Waals surface area contributed by atoms with Crippen molar-refractivity contribution in [3.05, 3.63) is 47.3 Å². The fourth-order valence-electron chi connectivity index (χ4n) is 2.12. The van der Waals surface area contributed by atoms with Crippen molar-refractivity contribution in [3.8, 4) is 0 Å². The van der Waals surface area contributed by atoms with Crippen LogP contribution in [0.5, 0.6) is 0 Å². The molecule has 0 radical (unpaired) electrons. The van der Waals surface area contributed by atoms with E-state index in [2.05, 4.69) is 22.4 Å². The molecule has 0 aliphatic heterocycles. The van der Waals surface area contributed by atoms with Gasteiger partial charge in [-0.3, -0.25) is 0 Å². The first-order chi connectivity index (χ1) is 8.25. The van der Waals surface area contributed by atoms with Crippen LogP contribution in [-0.2, 0) is 7.05 Å². The normalized spacial score (nSPS) is 17.1. The van der Waals surface area contributed by atoms with Gasteiger partial charge in [-0.15, -0.1) is 5.10 Å². The van der Waals surface area contributed by atoms with Gasteiger partial charge in [-0.25, -0.2) is 4.68 Å². The van der Waals surface area contributed by atoms with Crippen molar-refractivity contribution < 1.29 is 5.11 Å². The number of nitrogens with zero attached hydrogens (tertiary/aromatic N) is 3. The highest BCUT2D eigenvalue weighted by Crippen LogP contribution is 2.40. The molecule has 1 heterocycles. The van der Waals surface area contributed by atoms with E-state index < -0.39 is 6.10 Å².